The highest BCUT2D eigenvalue weighted by Gasteiger charge is 2.33. The lowest BCUT2D eigenvalue weighted by Gasteiger charge is -2.21. The zero-order valence-electron chi connectivity index (χ0n) is 14.5. The van der Waals surface area contributed by atoms with Crippen LogP contribution >= 0.6 is 0 Å². The number of carbonyl (C=O) groups excluding carboxylic acids is 2. The Morgan fingerprint density at radius 1 is 1.04 bits per heavy atom. The van der Waals surface area contributed by atoms with Crippen LogP contribution in [0.5, 0.6) is 0 Å². The number of nitrogens with one attached hydrogen (secondary N) is 1. The maximum Gasteiger partial charge on any atom is 0.337 e. The molecule has 0 fully saturated rings. The number of hydrogen-bond donors (Lipinski definition) is 1. The van der Waals surface area contributed by atoms with E-state index in [9.17, 15) is 18.0 Å². The summed E-state index contributed by atoms with van der Waals surface area (Å²) in [4.78, 5) is 24.0. The molecule has 8 heteroatoms. The lowest BCUT2D eigenvalue weighted by Crippen LogP contribution is -2.28. The van der Waals surface area contributed by atoms with Gasteiger partial charge in [0.15, 0.2) is 9.84 Å². The molecule has 1 heterocycles. The highest BCUT2D eigenvalue weighted by Crippen LogP contribution is 2.30. The van der Waals surface area contributed by atoms with Crippen molar-refractivity contribution in [1.29, 1.82) is 0 Å². The monoisotopic (exact) mass is 387 g/mol. The molecule has 1 N–H and O–H groups in total. The molecule has 1 aliphatic rings. The maximum absolute atomic E-state index is 12.7. The molecule has 27 heavy (non-hydrogen) atoms. The van der Waals surface area contributed by atoms with E-state index in [-0.39, 0.29) is 23.0 Å². The summed E-state index contributed by atoms with van der Waals surface area (Å²) in [5.41, 5.74) is 1.11. The fraction of sp³-hybridized carbons (Fsp3) is 0.158. The first-order valence-electron chi connectivity index (χ1n) is 8.07. The third-order valence-corrected chi connectivity index (χ3v) is 5.67. The van der Waals surface area contributed by atoms with E-state index >= 15 is 0 Å². The van der Waals surface area contributed by atoms with Gasteiger partial charge in [-0.15, -0.1) is 0 Å². The van der Waals surface area contributed by atoms with Gasteiger partial charge in [0.2, 0.25) is 5.76 Å². The minimum atomic E-state index is -3.65. The molecule has 0 spiro atoms. The second kappa shape index (κ2) is 7.63. The number of methoxy groups -OCH3 is 1. The van der Waals surface area contributed by atoms with Gasteiger partial charge in [-0.05, 0) is 29.8 Å². The lowest BCUT2D eigenvalue weighted by molar-refractivity contribution is -0.115. The number of rotatable bonds is 4. The van der Waals surface area contributed by atoms with Crippen LogP contribution in [0, 0.1) is 0 Å². The van der Waals surface area contributed by atoms with Gasteiger partial charge in [-0.3, -0.25) is 4.79 Å². The predicted molar refractivity (Wildman–Crippen MR) is 99.5 cm³/mol. The molecule has 0 radical (unpaired) electrons. The molecule has 0 aliphatic carbocycles. The molecular formula is C19H17NO6S. The molecule has 0 bridgehead atoms. The van der Waals surface area contributed by atoms with Crippen molar-refractivity contribution in [2.24, 2.45) is 0 Å². The third kappa shape index (κ3) is 4.01. The van der Waals surface area contributed by atoms with E-state index in [2.05, 4.69) is 10.1 Å². The lowest BCUT2D eigenvalue weighted by atomic mass is 10.2. The molecule has 0 saturated heterocycles. The largest absolute Gasteiger partial charge is 0.486 e. The molecule has 2 aromatic rings. The van der Waals surface area contributed by atoms with Crippen LogP contribution in [0.3, 0.4) is 0 Å². The first-order valence-corrected chi connectivity index (χ1v) is 9.72. The number of anilines is 1. The van der Waals surface area contributed by atoms with Crippen LogP contribution < -0.4 is 5.32 Å². The van der Waals surface area contributed by atoms with E-state index < -0.39 is 21.7 Å². The summed E-state index contributed by atoms with van der Waals surface area (Å²) in [5.74, 6) is -1.61. The summed E-state index contributed by atoms with van der Waals surface area (Å²) in [6, 6.07) is 14.4. The number of sulfone groups is 1. The van der Waals surface area contributed by atoms with E-state index in [1.807, 2.05) is 0 Å². The zero-order chi connectivity index (χ0) is 19.4. The van der Waals surface area contributed by atoms with Crippen LogP contribution in [0.25, 0.3) is 4.91 Å². The predicted octanol–water partition coefficient (Wildman–Crippen LogP) is 2.23. The number of esters is 1. The van der Waals surface area contributed by atoms with Crippen molar-refractivity contribution in [2.75, 3.05) is 24.8 Å². The van der Waals surface area contributed by atoms with Gasteiger partial charge in [0.05, 0.1) is 18.4 Å². The molecule has 3 rings (SSSR count). The third-order valence-electron chi connectivity index (χ3n) is 3.92. The molecule has 0 aromatic heterocycles. The van der Waals surface area contributed by atoms with Crippen LogP contribution in [0.15, 0.2) is 60.4 Å². The van der Waals surface area contributed by atoms with E-state index in [0.29, 0.717) is 16.8 Å². The van der Waals surface area contributed by atoms with Gasteiger partial charge in [0.1, 0.15) is 11.5 Å². The minimum Gasteiger partial charge on any atom is -0.486 e. The van der Waals surface area contributed by atoms with Crippen LogP contribution in [0.4, 0.5) is 5.69 Å². The number of benzene rings is 2. The Balaban J connectivity index is 1.93. The number of ether oxygens (including phenoxy) is 2. The molecule has 2 aromatic carbocycles. The van der Waals surface area contributed by atoms with Gasteiger partial charge in [0.25, 0.3) is 5.91 Å². The standard InChI is InChI=1S/C19H17NO6S/c1-25-19(22)14-7-9-15(10-8-14)20-18(21)16-17(13-5-3-2-4-6-13)27(23,24)12-11-26-16/h2-10H,11-12H2,1H3,(H,20,21). The molecule has 0 atom stereocenters. The average Bonchev–Trinajstić information content (AvgIpc) is 2.67. The van der Waals surface area contributed by atoms with Crippen LogP contribution in [-0.2, 0) is 24.1 Å². The van der Waals surface area contributed by atoms with Crippen molar-refractivity contribution in [2.45, 2.75) is 0 Å². The molecule has 1 aliphatic heterocycles. The topological polar surface area (TPSA) is 98.8 Å². The van der Waals surface area contributed by atoms with Crippen LogP contribution in [0.2, 0.25) is 0 Å². The molecule has 140 valence electrons. The summed E-state index contributed by atoms with van der Waals surface area (Å²) in [5, 5.41) is 2.59. The second-order valence-corrected chi connectivity index (χ2v) is 7.76. The van der Waals surface area contributed by atoms with Gasteiger partial charge in [-0.25, -0.2) is 13.2 Å². The summed E-state index contributed by atoms with van der Waals surface area (Å²) < 4.78 is 35.1. The van der Waals surface area contributed by atoms with Crippen molar-refractivity contribution in [1.82, 2.24) is 0 Å². The highest BCUT2D eigenvalue weighted by molar-refractivity contribution is 8.00. The Hall–Kier alpha value is -3.13. The Morgan fingerprint density at radius 2 is 1.70 bits per heavy atom. The fourth-order valence-corrected chi connectivity index (χ4v) is 4.06. The zero-order valence-corrected chi connectivity index (χ0v) is 15.3. The van der Waals surface area contributed by atoms with Crippen molar-refractivity contribution >= 4 is 32.3 Å². The highest BCUT2D eigenvalue weighted by atomic mass is 32.2. The average molecular weight is 387 g/mol. The first-order chi connectivity index (χ1) is 12.9. The molecular weight excluding hydrogens is 370 g/mol. The quantitative estimate of drug-likeness (QED) is 0.808. The SMILES string of the molecule is COC(=O)c1ccc(NC(=O)C2=C(c3ccccc3)S(=O)(=O)CCO2)cc1. The van der Waals surface area contributed by atoms with Crippen molar-refractivity contribution in [3.8, 4) is 0 Å². The van der Waals surface area contributed by atoms with Gasteiger partial charge in [0, 0.05) is 5.69 Å². The van der Waals surface area contributed by atoms with Crippen molar-refractivity contribution < 1.29 is 27.5 Å². The first kappa shape index (κ1) is 18.7. The summed E-state index contributed by atoms with van der Waals surface area (Å²) in [7, 11) is -2.38. The summed E-state index contributed by atoms with van der Waals surface area (Å²) in [6.45, 7) is -0.0945. The molecule has 1 amide bonds. The minimum absolute atomic E-state index is 0.0945. The van der Waals surface area contributed by atoms with Crippen molar-refractivity contribution in [3.05, 3.63) is 71.5 Å². The Kier molecular flexibility index (Phi) is 5.27. The van der Waals surface area contributed by atoms with E-state index in [1.165, 1.54) is 31.4 Å². The van der Waals surface area contributed by atoms with E-state index in [4.69, 9.17) is 4.74 Å². The van der Waals surface area contributed by atoms with Gasteiger partial charge in [-0.2, -0.15) is 0 Å². The Morgan fingerprint density at radius 3 is 2.33 bits per heavy atom. The number of hydrogen-bond acceptors (Lipinski definition) is 6. The fourth-order valence-electron chi connectivity index (χ4n) is 2.63. The molecule has 0 saturated carbocycles. The van der Waals surface area contributed by atoms with Gasteiger partial charge >= 0.3 is 5.97 Å². The summed E-state index contributed by atoms with van der Waals surface area (Å²) in [6.07, 6.45) is 0. The Labute approximate surface area is 156 Å². The Bertz CT molecular complexity index is 994. The normalized spacial score (nSPS) is 15.6. The van der Waals surface area contributed by atoms with Gasteiger partial charge < -0.3 is 14.8 Å². The number of amides is 1. The number of carbonyl (C=O) groups is 2. The second-order valence-electron chi connectivity index (χ2n) is 5.71. The summed E-state index contributed by atoms with van der Waals surface area (Å²) >= 11 is 0. The maximum atomic E-state index is 12.7. The van der Waals surface area contributed by atoms with E-state index in [1.54, 1.807) is 30.3 Å². The van der Waals surface area contributed by atoms with Crippen LogP contribution in [-0.4, -0.2) is 39.8 Å². The van der Waals surface area contributed by atoms with E-state index in [0.717, 1.165) is 0 Å². The molecule has 0 unspecified atom stereocenters. The van der Waals surface area contributed by atoms with Crippen LogP contribution in [0.1, 0.15) is 15.9 Å². The van der Waals surface area contributed by atoms with Crippen molar-refractivity contribution in [3.63, 3.8) is 0 Å². The smallest absolute Gasteiger partial charge is 0.337 e. The van der Waals surface area contributed by atoms with Gasteiger partial charge in [-0.1, -0.05) is 30.3 Å². The molecule has 7 nitrogen and oxygen atoms in total.